The molecule has 0 unspecified atom stereocenters. The Balaban J connectivity index is 1.96. The SMILES string of the molecule is CCCCc1ccc(NC(=O)[C@@H](C)NS(=O)(=O)c2ccc(OCC)cc2)cc1. The molecule has 0 aliphatic heterocycles. The number of unbranched alkanes of at least 4 members (excludes halogenated alkanes) is 1. The number of hydrogen-bond acceptors (Lipinski definition) is 4. The number of aryl methyl sites for hydroxylation is 1. The van der Waals surface area contributed by atoms with Gasteiger partial charge in [0.15, 0.2) is 0 Å². The summed E-state index contributed by atoms with van der Waals surface area (Å²) in [5.74, 6) is 0.172. The molecule has 2 aromatic rings. The van der Waals surface area contributed by atoms with Crippen LogP contribution in [0.4, 0.5) is 5.69 Å². The zero-order chi connectivity index (χ0) is 20.6. The lowest BCUT2D eigenvalue weighted by molar-refractivity contribution is -0.117. The number of sulfonamides is 1. The van der Waals surface area contributed by atoms with Crippen LogP contribution in [0.25, 0.3) is 0 Å². The van der Waals surface area contributed by atoms with E-state index in [0.29, 0.717) is 18.0 Å². The molecule has 7 heteroatoms. The van der Waals surface area contributed by atoms with Gasteiger partial charge in [-0.1, -0.05) is 25.5 Å². The van der Waals surface area contributed by atoms with E-state index in [0.717, 1.165) is 19.3 Å². The van der Waals surface area contributed by atoms with Crippen molar-refractivity contribution in [2.75, 3.05) is 11.9 Å². The minimum absolute atomic E-state index is 0.0795. The lowest BCUT2D eigenvalue weighted by Crippen LogP contribution is -2.41. The Morgan fingerprint density at radius 1 is 1.04 bits per heavy atom. The number of carbonyl (C=O) groups is 1. The van der Waals surface area contributed by atoms with Crippen molar-refractivity contribution in [2.45, 2.75) is 51.0 Å². The Bertz CT molecular complexity index is 862. The molecule has 0 spiro atoms. The van der Waals surface area contributed by atoms with Gasteiger partial charge in [-0.05, 0) is 68.7 Å². The van der Waals surface area contributed by atoms with Crippen molar-refractivity contribution in [3.63, 3.8) is 0 Å². The van der Waals surface area contributed by atoms with Gasteiger partial charge in [-0.25, -0.2) is 8.42 Å². The van der Waals surface area contributed by atoms with Crippen molar-refractivity contribution < 1.29 is 17.9 Å². The molecule has 0 radical (unpaired) electrons. The average Bonchev–Trinajstić information content (AvgIpc) is 2.68. The molecular formula is C21H28N2O4S. The van der Waals surface area contributed by atoms with Gasteiger partial charge in [0, 0.05) is 5.69 Å². The minimum Gasteiger partial charge on any atom is -0.494 e. The molecule has 2 N–H and O–H groups in total. The molecule has 0 heterocycles. The van der Waals surface area contributed by atoms with Crippen LogP contribution in [0, 0.1) is 0 Å². The quantitative estimate of drug-likeness (QED) is 0.632. The Morgan fingerprint density at radius 3 is 2.25 bits per heavy atom. The van der Waals surface area contributed by atoms with Crippen LogP contribution in [0.15, 0.2) is 53.4 Å². The summed E-state index contributed by atoms with van der Waals surface area (Å²) in [7, 11) is -3.81. The summed E-state index contributed by atoms with van der Waals surface area (Å²) in [4.78, 5) is 12.4. The highest BCUT2D eigenvalue weighted by Gasteiger charge is 2.22. The van der Waals surface area contributed by atoms with E-state index in [1.54, 1.807) is 12.1 Å². The van der Waals surface area contributed by atoms with Crippen molar-refractivity contribution in [1.29, 1.82) is 0 Å². The third kappa shape index (κ3) is 6.35. The Labute approximate surface area is 167 Å². The number of carbonyl (C=O) groups excluding carboxylic acids is 1. The molecule has 1 atom stereocenters. The third-order valence-corrected chi connectivity index (χ3v) is 5.77. The summed E-state index contributed by atoms with van der Waals surface area (Å²) in [5, 5.41) is 2.74. The van der Waals surface area contributed by atoms with Crippen LogP contribution in [0.1, 0.15) is 39.2 Å². The lowest BCUT2D eigenvalue weighted by Gasteiger charge is -2.15. The molecule has 0 saturated carbocycles. The van der Waals surface area contributed by atoms with E-state index in [2.05, 4.69) is 17.0 Å². The van der Waals surface area contributed by atoms with Crippen LogP contribution in [0.2, 0.25) is 0 Å². The summed E-state index contributed by atoms with van der Waals surface area (Å²) in [6.07, 6.45) is 3.25. The number of benzene rings is 2. The normalized spacial score (nSPS) is 12.4. The van der Waals surface area contributed by atoms with Gasteiger partial charge in [0.2, 0.25) is 15.9 Å². The van der Waals surface area contributed by atoms with Crippen molar-refractivity contribution in [2.24, 2.45) is 0 Å². The monoisotopic (exact) mass is 404 g/mol. The van der Waals surface area contributed by atoms with Crippen LogP contribution in [-0.2, 0) is 21.2 Å². The second-order valence-electron chi connectivity index (χ2n) is 6.54. The molecule has 2 aromatic carbocycles. The minimum atomic E-state index is -3.81. The molecule has 0 aliphatic rings. The number of anilines is 1. The van der Waals surface area contributed by atoms with E-state index < -0.39 is 22.0 Å². The van der Waals surface area contributed by atoms with E-state index in [1.165, 1.54) is 24.6 Å². The first kappa shape index (κ1) is 21.9. The van der Waals surface area contributed by atoms with Gasteiger partial charge in [-0.3, -0.25) is 4.79 Å². The molecule has 28 heavy (non-hydrogen) atoms. The molecule has 1 amide bonds. The molecule has 0 bridgehead atoms. The maximum atomic E-state index is 12.5. The average molecular weight is 405 g/mol. The molecule has 2 rings (SSSR count). The van der Waals surface area contributed by atoms with E-state index in [9.17, 15) is 13.2 Å². The van der Waals surface area contributed by atoms with Crippen LogP contribution in [0.5, 0.6) is 5.75 Å². The van der Waals surface area contributed by atoms with Gasteiger partial charge in [0.05, 0.1) is 17.5 Å². The highest BCUT2D eigenvalue weighted by molar-refractivity contribution is 7.89. The van der Waals surface area contributed by atoms with Gasteiger partial charge < -0.3 is 10.1 Å². The number of hydrogen-bond donors (Lipinski definition) is 2. The molecule has 0 aromatic heterocycles. The second kappa shape index (κ2) is 10.2. The fourth-order valence-corrected chi connectivity index (χ4v) is 3.83. The van der Waals surface area contributed by atoms with Crippen LogP contribution < -0.4 is 14.8 Å². The van der Waals surface area contributed by atoms with Crippen molar-refractivity contribution in [3.8, 4) is 5.75 Å². The van der Waals surface area contributed by atoms with Crippen molar-refractivity contribution in [3.05, 3.63) is 54.1 Å². The molecule has 0 aliphatic carbocycles. The first-order valence-electron chi connectivity index (χ1n) is 9.50. The van der Waals surface area contributed by atoms with E-state index in [-0.39, 0.29) is 4.90 Å². The summed E-state index contributed by atoms with van der Waals surface area (Å²) in [6.45, 7) is 6.01. The summed E-state index contributed by atoms with van der Waals surface area (Å²) < 4.78 is 32.7. The van der Waals surface area contributed by atoms with Gasteiger partial charge in [0.25, 0.3) is 0 Å². The summed E-state index contributed by atoms with van der Waals surface area (Å²) in [5.41, 5.74) is 1.85. The molecular weight excluding hydrogens is 376 g/mol. The van der Waals surface area contributed by atoms with E-state index in [4.69, 9.17) is 4.74 Å². The number of amides is 1. The zero-order valence-corrected chi connectivity index (χ0v) is 17.4. The Hall–Kier alpha value is -2.38. The Morgan fingerprint density at radius 2 is 1.68 bits per heavy atom. The largest absolute Gasteiger partial charge is 0.494 e. The number of rotatable bonds is 10. The fraction of sp³-hybridized carbons (Fsp3) is 0.381. The maximum absolute atomic E-state index is 12.5. The van der Waals surface area contributed by atoms with Crippen molar-refractivity contribution >= 4 is 21.6 Å². The van der Waals surface area contributed by atoms with Crippen molar-refractivity contribution in [1.82, 2.24) is 4.72 Å². The predicted octanol–water partition coefficient (Wildman–Crippen LogP) is 3.73. The summed E-state index contributed by atoms with van der Waals surface area (Å²) >= 11 is 0. The highest BCUT2D eigenvalue weighted by Crippen LogP contribution is 2.17. The van der Waals surface area contributed by atoms with Gasteiger partial charge in [0.1, 0.15) is 5.75 Å². The topological polar surface area (TPSA) is 84.5 Å². The maximum Gasteiger partial charge on any atom is 0.242 e. The van der Waals surface area contributed by atoms with Gasteiger partial charge >= 0.3 is 0 Å². The lowest BCUT2D eigenvalue weighted by atomic mass is 10.1. The van der Waals surface area contributed by atoms with Crippen LogP contribution >= 0.6 is 0 Å². The zero-order valence-electron chi connectivity index (χ0n) is 16.6. The molecule has 6 nitrogen and oxygen atoms in total. The van der Waals surface area contributed by atoms with Crippen LogP contribution in [0.3, 0.4) is 0 Å². The highest BCUT2D eigenvalue weighted by atomic mass is 32.2. The van der Waals surface area contributed by atoms with Gasteiger partial charge in [-0.2, -0.15) is 4.72 Å². The van der Waals surface area contributed by atoms with E-state index in [1.807, 2.05) is 31.2 Å². The molecule has 0 saturated heterocycles. The number of ether oxygens (including phenoxy) is 1. The first-order valence-corrected chi connectivity index (χ1v) is 11.0. The van der Waals surface area contributed by atoms with Crippen LogP contribution in [-0.4, -0.2) is 27.0 Å². The van der Waals surface area contributed by atoms with E-state index >= 15 is 0 Å². The molecule has 152 valence electrons. The fourth-order valence-electron chi connectivity index (χ4n) is 2.62. The predicted molar refractivity (Wildman–Crippen MR) is 111 cm³/mol. The summed E-state index contributed by atoms with van der Waals surface area (Å²) in [6, 6.07) is 12.8. The second-order valence-corrected chi connectivity index (χ2v) is 8.25. The Kier molecular flexibility index (Phi) is 8.02. The first-order chi connectivity index (χ1) is 13.4. The van der Waals surface area contributed by atoms with Gasteiger partial charge in [-0.15, -0.1) is 0 Å². The number of nitrogens with one attached hydrogen (secondary N) is 2. The third-order valence-electron chi connectivity index (χ3n) is 4.21. The molecule has 0 fully saturated rings. The smallest absolute Gasteiger partial charge is 0.242 e. The standard InChI is InChI=1S/C21H28N2O4S/c1-4-6-7-17-8-10-18(11-9-17)22-21(24)16(3)23-28(25,26)20-14-12-19(13-15-20)27-5-2/h8-16,23H,4-7H2,1-3H3,(H,22,24)/t16-/m1/s1.